The van der Waals surface area contributed by atoms with E-state index in [0.29, 0.717) is 22.4 Å². The van der Waals surface area contributed by atoms with Gasteiger partial charge in [0.05, 0.1) is 12.8 Å². The van der Waals surface area contributed by atoms with E-state index in [2.05, 4.69) is 5.32 Å². The second kappa shape index (κ2) is 10.3. The van der Waals surface area contributed by atoms with Crippen molar-refractivity contribution in [1.82, 2.24) is 0 Å². The Labute approximate surface area is 184 Å². The molecule has 0 saturated heterocycles. The number of primary amides is 1. The number of amides is 1. The first kappa shape index (κ1) is 22.6. The lowest BCUT2D eigenvalue weighted by Crippen LogP contribution is -2.11. The van der Waals surface area contributed by atoms with E-state index >= 15 is 0 Å². The van der Waals surface area contributed by atoms with Crippen LogP contribution < -0.4 is 15.8 Å². The van der Waals surface area contributed by atoms with E-state index < -0.39 is 11.7 Å². The summed E-state index contributed by atoms with van der Waals surface area (Å²) >= 11 is 0. The predicted octanol–water partition coefficient (Wildman–Crippen LogP) is 4.60. The van der Waals surface area contributed by atoms with Gasteiger partial charge in [-0.2, -0.15) is 0 Å². The molecular weight excluding hydrogens is 415 g/mol. The highest BCUT2D eigenvalue weighted by molar-refractivity contribution is 6.05. The zero-order chi connectivity index (χ0) is 23.1. The normalized spacial score (nSPS) is 10.3. The first-order valence-electron chi connectivity index (χ1n) is 9.81. The average Bonchev–Trinajstić information content (AvgIpc) is 3.42. The maximum atomic E-state index is 13.0. The van der Waals surface area contributed by atoms with Crippen LogP contribution in [0.1, 0.15) is 32.4 Å². The van der Waals surface area contributed by atoms with Gasteiger partial charge in [-0.05, 0) is 54.4 Å². The van der Waals surface area contributed by atoms with Crippen LogP contribution in [0.15, 0.2) is 63.4 Å². The van der Waals surface area contributed by atoms with Gasteiger partial charge in [0.2, 0.25) is 5.76 Å². The number of aldehydes is 1. The lowest BCUT2D eigenvalue weighted by molar-refractivity contribution is 0.0976. The zero-order valence-corrected chi connectivity index (χ0v) is 17.7. The Morgan fingerprint density at radius 3 is 2.59 bits per heavy atom. The van der Waals surface area contributed by atoms with Crippen molar-refractivity contribution in [3.63, 3.8) is 0 Å². The van der Waals surface area contributed by atoms with Gasteiger partial charge in [0.25, 0.3) is 5.91 Å². The van der Waals surface area contributed by atoms with Gasteiger partial charge in [0.15, 0.2) is 12.0 Å². The second-order valence-electron chi connectivity index (χ2n) is 6.83. The standard InChI is InChI=1S/C14H14O3.C10H9FN2O2/c1-16-13-4-2-3-11(9-13)5-6-12-7-8-14(10-15)17-12;1-13-8-6-4-5(11)2-3-7(6)15-9(8)10(12)14/h2-4,7-10H,5-6H2,1H3;2-4,13H,1H3,(H2,12,14). The van der Waals surface area contributed by atoms with E-state index in [1.54, 1.807) is 20.2 Å². The molecule has 0 unspecified atom stereocenters. The molecule has 0 bridgehead atoms. The van der Waals surface area contributed by atoms with Gasteiger partial charge in [0, 0.05) is 18.9 Å². The minimum atomic E-state index is -0.684. The third kappa shape index (κ3) is 5.34. The van der Waals surface area contributed by atoms with Crippen molar-refractivity contribution >= 4 is 28.8 Å². The molecule has 0 fully saturated rings. The number of methoxy groups -OCH3 is 1. The van der Waals surface area contributed by atoms with E-state index in [0.717, 1.165) is 30.6 Å². The van der Waals surface area contributed by atoms with Crippen molar-refractivity contribution in [2.75, 3.05) is 19.5 Å². The number of carbonyl (C=O) groups is 2. The van der Waals surface area contributed by atoms with Gasteiger partial charge < -0.3 is 24.6 Å². The first-order chi connectivity index (χ1) is 15.4. The second-order valence-corrected chi connectivity index (χ2v) is 6.83. The number of carbonyl (C=O) groups excluding carboxylic acids is 2. The van der Waals surface area contributed by atoms with Crippen molar-refractivity contribution in [3.8, 4) is 5.75 Å². The Kier molecular flexibility index (Phi) is 7.28. The monoisotopic (exact) mass is 438 g/mol. The molecule has 4 rings (SSSR count). The predicted molar refractivity (Wildman–Crippen MR) is 119 cm³/mol. The molecule has 0 aliphatic carbocycles. The van der Waals surface area contributed by atoms with E-state index in [-0.39, 0.29) is 5.76 Å². The van der Waals surface area contributed by atoms with Crippen molar-refractivity contribution < 1.29 is 27.6 Å². The molecule has 7 nitrogen and oxygen atoms in total. The first-order valence-corrected chi connectivity index (χ1v) is 9.81. The number of halogens is 1. The molecule has 166 valence electrons. The number of furan rings is 2. The van der Waals surface area contributed by atoms with Gasteiger partial charge in [-0.1, -0.05) is 12.1 Å². The summed E-state index contributed by atoms with van der Waals surface area (Å²) in [5, 5.41) is 3.27. The number of hydrogen-bond acceptors (Lipinski definition) is 6. The van der Waals surface area contributed by atoms with Crippen LogP contribution >= 0.6 is 0 Å². The Morgan fingerprint density at radius 1 is 1.12 bits per heavy atom. The molecular formula is C24H23FN2O5. The van der Waals surface area contributed by atoms with Gasteiger partial charge in [-0.25, -0.2) is 4.39 Å². The molecule has 0 atom stereocenters. The molecule has 2 heterocycles. The van der Waals surface area contributed by atoms with Crippen LogP contribution in [0.2, 0.25) is 0 Å². The zero-order valence-electron chi connectivity index (χ0n) is 17.7. The van der Waals surface area contributed by atoms with Crippen LogP contribution in [0.4, 0.5) is 10.1 Å². The fraction of sp³-hybridized carbons (Fsp3) is 0.167. The van der Waals surface area contributed by atoms with Crippen LogP contribution in [0.5, 0.6) is 5.75 Å². The number of rotatable bonds is 7. The summed E-state index contributed by atoms with van der Waals surface area (Å²) in [5.74, 6) is 1.00. The molecule has 0 aliphatic rings. The summed E-state index contributed by atoms with van der Waals surface area (Å²) in [6, 6.07) is 15.5. The van der Waals surface area contributed by atoms with Crippen LogP contribution in [-0.2, 0) is 12.8 Å². The minimum absolute atomic E-state index is 0.0121. The molecule has 2 aromatic heterocycles. The van der Waals surface area contributed by atoms with Gasteiger partial charge in [-0.15, -0.1) is 0 Å². The molecule has 0 spiro atoms. The number of benzene rings is 2. The highest BCUT2D eigenvalue weighted by Gasteiger charge is 2.17. The molecule has 0 aliphatic heterocycles. The van der Waals surface area contributed by atoms with Crippen molar-refractivity contribution in [3.05, 3.63) is 83.3 Å². The molecule has 0 radical (unpaired) electrons. The Hall–Kier alpha value is -4.07. The van der Waals surface area contributed by atoms with Crippen LogP contribution in [-0.4, -0.2) is 26.4 Å². The summed E-state index contributed by atoms with van der Waals surface area (Å²) < 4.78 is 28.7. The Balaban J connectivity index is 0.000000182. The van der Waals surface area contributed by atoms with Gasteiger partial charge in [-0.3, -0.25) is 9.59 Å². The Morgan fingerprint density at radius 2 is 1.94 bits per heavy atom. The molecule has 2 aromatic carbocycles. The van der Waals surface area contributed by atoms with Gasteiger partial charge in [0.1, 0.15) is 22.9 Å². The molecule has 4 aromatic rings. The van der Waals surface area contributed by atoms with E-state index in [9.17, 15) is 14.0 Å². The summed E-state index contributed by atoms with van der Waals surface area (Å²) in [6.07, 6.45) is 2.36. The van der Waals surface area contributed by atoms with E-state index in [4.69, 9.17) is 19.3 Å². The minimum Gasteiger partial charge on any atom is -0.497 e. The summed E-state index contributed by atoms with van der Waals surface area (Å²) in [7, 11) is 3.27. The lowest BCUT2D eigenvalue weighted by atomic mass is 10.1. The topological polar surface area (TPSA) is 108 Å². The lowest BCUT2D eigenvalue weighted by Gasteiger charge is -2.03. The largest absolute Gasteiger partial charge is 0.497 e. The fourth-order valence-corrected chi connectivity index (χ4v) is 3.18. The number of hydrogen-bond donors (Lipinski definition) is 2. The van der Waals surface area contributed by atoms with E-state index in [1.165, 1.54) is 23.8 Å². The van der Waals surface area contributed by atoms with Gasteiger partial charge >= 0.3 is 0 Å². The van der Waals surface area contributed by atoms with Crippen molar-refractivity contribution in [1.29, 1.82) is 0 Å². The van der Waals surface area contributed by atoms with Crippen molar-refractivity contribution in [2.45, 2.75) is 12.8 Å². The maximum absolute atomic E-state index is 13.0. The molecule has 0 saturated carbocycles. The van der Waals surface area contributed by atoms with Crippen LogP contribution in [0.3, 0.4) is 0 Å². The number of ether oxygens (including phenoxy) is 1. The average molecular weight is 438 g/mol. The fourth-order valence-electron chi connectivity index (χ4n) is 3.18. The molecule has 8 heteroatoms. The maximum Gasteiger partial charge on any atom is 0.286 e. The number of aryl methyl sites for hydroxylation is 2. The summed E-state index contributed by atoms with van der Waals surface area (Å²) in [6.45, 7) is 0. The molecule has 1 amide bonds. The summed E-state index contributed by atoms with van der Waals surface area (Å²) in [4.78, 5) is 21.5. The molecule has 32 heavy (non-hydrogen) atoms. The third-order valence-corrected chi connectivity index (χ3v) is 4.72. The van der Waals surface area contributed by atoms with Crippen molar-refractivity contribution in [2.24, 2.45) is 5.73 Å². The Bertz CT molecular complexity index is 1230. The SMILES string of the molecule is CNc1c(C(N)=O)oc2ccc(F)cc12.COc1cccc(CCc2ccc(C=O)o2)c1. The number of nitrogens with one attached hydrogen (secondary N) is 1. The van der Waals surface area contributed by atoms with E-state index in [1.807, 2.05) is 30.3 Å². The number of fused-ring (bicyclic) bond motifs is 1. The highest BCUT2D eigenvalue weighted by atomic mass is 19.1. The smallest absolute Gasteiger partial charge is 0.286 e. The quantitative estimate of drug-likeness (QED) is 0.409. The summed E-state index contributed by atoms with van der Waals surface area (Å²) in [5.41, 5.74) is 7.15. The van der Waals surface area contributed by atoms with Crippen LogP contribution in [0, 0.1) is 5.82 Å². The number of nitrogens with two attached hydrogens (primary N) is 1. The molecule has 3 N–H and O–H groups in total. The number of anilines is 1. The highest BCUT2D eigenvalue weighted by Crippen LogP contribution is 2.30. The third-order valence-electron chi connectivity index (χ3n) is 4.72. The van der Waals surface area contributed by atoms with Crippen LogP contribution in [0.25, 0.3) is 11.0 Å².